The van der Waals surface area contributed by atoms with Gasteiger partial charge in [-0.15, -0.1) is 11.3 Å². The molecule has 24 heavy (non-hydrogen) atoms. The first-order valence-electron chi connectivity index (χ1n) is 7.46. The van der Waals surface area contributed by atoms with E-state index in [2.05, 4.69) is 10.1 Å². The van der Waals surface area contributed by atoms with E-state index in [0.717, 1.165) is 4.88 Å². The number of aromatic nitrogens is 2. The van der Waals surface area contributed by atoms with Crippen LogP contribution in [-0.2, 0) is 11.3 Å². The predicted octanol–water partition coefficient (Wildman–Crippen LogP) is 3.22. The highest BCUT2D eigenvalue weighted by atomic mass is 32.1. The van der Waals surface area contributed by atoms with E-state index in [1.54, 1.807) is 14.0 Å². The molecule has 3 rings (SSSR count). The second kappa shape index (κ2) is 7.27. The van der Waals surface area contributed by atoms with Gasteiger partial charge in [-0.25, -0.2) is 0 Å². The van der Waals surface area contributed by atoms with Crippen molar-refractivity contribution in [3.63, 3.8) is 0 Å². The van der Waals surface area contributed by atoms with Crippen LogP contribution < -0.4 is 4.74 Å². The number of carbonyl (C=O) groups excluding carboxylic acids is 1. The monoisotopic (exact) mass is 343 g/mol. The van der Waals surface area contributed by atoms with E-state index in [9.17, 15) is 4.79 Å². The minimum Gasteiger partial charge on any atom is -0.481 e. The van der Waals surface area contributed by atoms with Crippen LogP contribution in [-0.4, -0.2) is 34.1 Å². The van der Waals surface area contributed by atoms with E-state index in [1.807, 2.05) is 47.8 Å². The number of hydrogen-bond donors (Lipinski definition) is 0. The number of rotatable bonds is 6. The first-order chi connectivity index (χ1) is 11.6. The summed E-state index contributed by atoms with van der Waals surface area (Å²) < 4.78 is 10.9. The summed E-state index contributed by atoms with van der Waals surface area (Å²) in [6.07, 6.45) is -0.600. The fourth-order valence-electron chi connectivity index (χ4n) is 2.17. The Kier molecular flexibility index (Phi) is 4.90. The molecule has 124 valence electrons. The van der Waals surface area contributed by atoms with Crippen molar-refractivity contribution in [1.29, 1.82) is 0 Å². The van der Waals surface area contributed by atoms with Crippen molar-refractivity contribution in [3.8, 4) is 16.5 Å². The Morgan fingerprint density at radius 2 is 2.08 bits per heavy atom. The van der Waals surface area contributed by atoms with Gasteiger partial charge in [0.2, 0.25) is 11.7 Å². The van der Waals surface area contributed by atoms with Crippen molar-refractivity contribution in [3.05, 3.63) is 53.7 Å². The molecule has 0 aliphatic rings. The van der Waals surface area contributed by atoms with Crippen molar-refractivity contribution in [1.82, 2.24) is 15.0 Å². The number of ether oxygens (including phenoxy) is 1. The lowest BCUT2D eigenvalue weighted by Crippen LogP contribution is -2.37. The molecule has 0 saturated carbocycles. The smallest absolute Gasteiger partial charge is 0.263 e. The van der Waals surface area contributed by atoms with E-state index < -0.39 is 6.10 Å². The predicted molar refractivity (Wildman–Crippen MR) is 90.6 cm³/mol. The van der Waals surface area contributed by atoms with Gasteiger partial charge >= 0.3 is 0 Å². The molecule has 0 N–H and O–H groups in total. The van der Waals surface area contributed by atoms with Crippen LogP contribution in [0.3, 0.4) is 0 Å². The van der Waals surface area contributed by atoms with Crippen LogP contribution in [0.15, 0.2) is 52.4 Å². The molecule has 2 aromatic heterocycles. The quantitative estimate of drug-likeness (QED) is 0.687. The van der Waals surface area contributed by atoms with Gasteiger partial charge in [0, 0.05) is 7.05 Å². The number of benzene rings is 1. The third-order valence-electron chi connectivity index (χ3n) is 3.36. The summed E-state index contributed by atoms with van der Waals surface area (Å²) in [5, 5.41) is 5.89. The minimum absolute atomic E-state index is 0.158. The summed E-state index contributed by atoms with van der Waals surface area (Å²) in [6.45, 7) is 1.95. The van der Waals surface area contributed by atoms with Gasteiger partial charge in [0.25, 0.3) is 5.91 Å². The molecule has 1 amide bonds. The molecule has 0 unspecified atom stereocenters. The van der Waals surface area contributed by atoms with Crippen LogP contribution in [0.4, 0.5) is 0 Å². The highest BCUT2D eigenvalue weighted by Crippen LogP contribution is 2.21. The van der Waals surface area contributed by atoms with E-state index in [0.29, 0.717) is 17.5 Å². The van der Waals surface area contributed by atoms with Crippen LogP contribution in [0.2, 0.25) is 0 Å². The molecule has 0 saturated heterocycles. The molecule has 0 bridgehead atoms. The molecule has 1 atom stereocenters. The number of likely N-dealkylation sites (N-methyl/N-ethyl adjacent to an activating group) is 1. The largest absolute Gasteiger partial charge is 0.481 e. The molecule has 3 aromatic rings. The van der Waals surface area contributed by atoms with Crippen molar-refractivity contribution in [2.75, 3.05) is 7.05 Å². The molecule has 2 heterocycles. The average molecular weight is 343 g/mol. The average Bonchev–Trinajstić information content (AvgIpc) is 3.26. The highest BCUT2D eigenvalue weighted by molar-refractivity contribution is 7.13. The second-order valence-electron chi connectivity index (χ2n) is 5.26. The lowest BCUT2D eigenvalue weighted by atomic mass is 10.3. The maximum atomic E-state index is 12.4. The molecule has 6 nitrogen and oxygen atoms in total. The molecule has 0 spiro atoms. The molecule has 0 aliphatic carbocycles. The summed E-state index contributed by atoms with van der Waals surface area (Å²) >= 11 is 1.54. The first kappa shape index (κ1) is 16.2. The normalized spacial score (nSPS) is 11.9. The third-order valence-corrected chi connectivity index (χ3v) is 4.23. The molecular weight excluding hydrogens is 326 g/mol. The van der Waals surface area contributed by atoms with Gasteiger partial charge in [-0.3, -0.25) is 4.79 Å². The summed E-state index contributed by atoms with van der Waals surface area (Å²) in [5.41, 5.74) is 0. The Labute approximate surface area is 143 Å². The van der Waals surface area contributed by atoms with Crippen LogP contribution in [0.1, 0.15) is 12.8 Å². The van der Waals surface area contributed by atoms with Gasteiger partial charge in [0.15, 0.2) is 6.10 Å². The van der Waals surface area contributed by atoms with E-state index in [4.69, 9.17) is 9.26 Å². The Hall–Kier alpha value is -2.67. The molecule has 0 aliphatic heterocycles. The number of thiophene rings is 1. The van der Waals surface area contributed by atoms with Gasteiger partial charge in [0.05, 0.1) is 11.4 Å². The number of para-hydroxylation sites is 1. The van der Waals surface area contributed by atoms with Gasteiger partial charge < -0.3 is 14.2 Å². The lowest BCUT2D eigenvalue weighted by molar-refractivity contribution is -0.137. The van der Waals surface area contributed by atoms with Gasteiger partial charge in [0.1, 0.15) is 5.75 Å². The molecular formula is C17H17N3O3S. The number of nitrogens with zero attached hydrogens (tertiary/aromatic N) is 3. The second-order valence-corrected chi connectivity index (χ2v) is 6.20. The van der Waals surface area contributed by atoms with Crippen molar-refractivity contribution in [2.24, 2.45) is 0 Å². The maximum absolute atomic E-state index is 12.4. The van der Waals surface area contributed by atoms with Crippen LogP contribution in [0, 0.1) is 0 Å². The third kappa shape index (κ3) is 3.80. The Morgan fingerprint density at radius 1 is 1.29 bits per heavy atom. The summed E-state index contributed by atoms with van der Waals surface area (Å²) in [4.78, 5) is 19.2. The van der Waals surface area contributed by atoms with Crippen molar-refractivity contribution >= 4 is 17.2 Å². The zero-order valence-electron chi connectivity index (χ0n) is 13.4. The van der Waals surface area contributed by atoms with Gasteiger partial charge in [-0.1, -0.05) is 29.4 Å². The fourth-order valence-corrected chi connectivity index (χ4v) is 2.82. The molecule has 0 fully saturated rings. The zero-order valence-corrected chi connectivity index (χ0v) is 14.2. The topological polar surface area (TPSA) is 68.5 Å². The van der Waals surface area contributed by atoms with Crippen LogP contribution in [0.5, 0.6) is 5.75 Å². The Morgan fingerprint density at radius 3 is 2.79 bits per heavy atom. The van der Waals surface area contributed by atoms with E-state index in [-0.39, 0.29) is 12.5 Å². The number of amides is 1. The minimum atomic E-state index is -0.600. The lowest BCUT2D eigenvalue weighted by Gasteiger charge is -2.20. The van der Waals surface area contributed by atoms with Gasteiger partial charge in [-0.05, 0) is 30.5 Å². The highest BCUT2D eigenvalue weighted by Gasteiger charge is 2.21. The number of hydrogen-bond acceptors (Lipinski definition) is 6. The maximum Gasteiger partial charge on any atom is 0.263 e. The molecule has 7 heteroatoms. The molecule has 0 radical (unpaired) electrons. The molecule has 1 aromatic carbocycles. The fraction of sp³-hybridized carbons (Fsp3) is 0.235. The van der Waals surface area contributed by atoms with E-state index >= 15 is 0 Å². The summed E-state index contributed by atoms with van der Waals surface area (Å²) in [6, 6.07) is 13.1. The summed E-state index contributed by atoms with van der Waals surface area (Å²) in [5.74, 6) is 1.43. The van der Waals surface area contributed by atoms with Crippen LogP contribution in [0.25, 0.3) is 10.7 Å². The zero-order chi connectivity index (χ0) is 16.9. The Balaban J connectivity index is 1.60. The van der Waals surface area contributed by atoms with Crippen LogP contribution >= 0.6 is 11.3 Å². The first-order valence-corrected chi connectivity index (χ1v) is 8.34. The van der Waals surface area contributed by atoms with E-state index in [1.165, 1.54) is 16.2 Å². The van der Waals surface area contributed by atoms with Crippen molar-refractivity contribution < 1.29 is 14.1 Å². The SMILES string of the molecule is C[C@H](Oc1ccccc1)C(=O)N(C)Cc1nc(-c2cccs2)no1. The summed E-state index contributed by atoms with van der Waals surface area (Å²) in [7, 11) is 1.68. The standard InChI is InChI=1S/C17H17N3O3S/c1-12(22-13-7-4-3-5-8-13)17(21)20(2)11-15-18-16(19-23-15)14-9-6-10-24-14/h3-10,12H,11H2,1-2H3/t12-/m0/s1. The van der Waals surface area contributed by atoms with Gasteiger partial charge in [-0.2, -0.15) is 4.98 Å². The van der Waals surface area contributed by atoms with Crippen molar-refractivity contribution in [2.45, 2.75) is 19.6 Å². The Bertz CT molecular complexity index is 787. The number of carbonyl (C=O) groups is 1.